The highest BCUT2D eigenvalue weighted by molar-refractivity contribution is 9.10. The van der Waals surface area contributed by atoms with Crippen LogP contribution in [0, 0.1) is 0 Å². The monoisotopic (exact) mass is 336 g/mol. The fraction of sp³-hybridized carbons (Fsp3) is 0.133. The van der Waals surface area contributed by atoms with E-state index in [9.17, 15) is 4.79 Å². The van der Waals surface area contributed by atoms with Gasteiger partial charge < -0.3 is 4.74 Å². The number of carbonyl (C=O) groups excluding carboxylic acids is 1. The molecule has 0 bridgehead atoms. The van der Waals surface area contributed by atoms with Crippen molar-refractivity contribution >= 4 is 33.7 Å². The highest BCUT2D eigenvalue weighted by Crippen LogP contribution is 2.36. The van der Waals surface area contributed by atoms with Gasteiger partial charge in [-0.25, -0.2) is 0 Å². The van der Waals surface area contributed by atoms with Crippen LogP contribution in [-0.2, 0) is 9.53 Å². The van der Waals surface area contributed by atoms with Crippen LogP contribution in [0.2, 0.25) is 0 Å². The van der Waals surface area contributed by atoms with Gasteiger partial charge in [-0.05, 0) is 29.8 Å². The number of methoxy groups -OCH3 is 1. The van der Waals surface area contributed by atoms with Crippen molar-refractivity contribution in [2.24, 2.45) is 0 Å². The van der Waals surface area contributed by atoms with Gasteiger partial charge in [0, 0.05) is 9.37 Å². The predicted molar refractivity (Wildman–Crippen MR) is 81.2 cm³/mol. The zero-order valence-corrected chi connectivity index (χ0v) is 12.8. The maximum Gasteiger partial charge on any atom is 0.323 e. The van der Waals surface area contributed by atoms with Crippen LogP contribution >= 0.6 is 27.7 Å². The van der Waals surface area contributed by atoms with Crippen molar-refractivity contribution in [3.05, 3.63) is 64.6 Å². The molecule has 0 aromatic heterocycles. The Balaban J connectivity index is 2.24. The summed E-state index contributed by atoms with van der Waals surface area (Å²) in [4.78, 5) is 13.0. The highest BCUT2D eigenvalue weighted by Gasteiger charge is 2.22. The first-order valence-corrected chi connectivity index (χ1v) is 7.43. The largest absolute Gasteiger partial charge is 0.468 e. The lowest BCUT2D eigenvalue weighted by Gasteiger charge is -2.14. The zero-order chi connectivity index (χ0) is 13.7. The van der Waals surface area contributed by atoms with Gasteiger partial charge in [0.25, 0.3) is 0 Å². The van der Waals surface area contributed by atoms with E-state index in [-0.39, 0.29) is 11.2 Å². The van der Waals surface area contributed by atoms with Crippen LogP contribution in [0.4, 0.5) is 0 Å². The van der Waals surface area contributed by atoms with Crippen molar-refractivity contribution in [1.29, 1.82) is 0 Å². The Kier molecular flexibility index (Phi) is 5.05. The maximum absolute atomic E-state index is 11.9. The molecule has 0 aliphatic heterocycles. The molecular formula is C15H13BrO2S. The van der Waals surface area contributed by atoms with Crippen LogP contribution in [0.15, 0.2) is 64.0 Å². The molecule has 98 valence electrons. The molecule has 2 aromatic carbocycles. The maximum atomic E-state index is 11.9. The quantitative estimate of drug-likeness (QED) is 0.609. The molecule has 2 rings (SSSR count). The van der Waals surface area contributed by atoms with E-state index in [1.807, 2.05) is 54.6 Å². The third-order valence-corrected chi connectivity index (χ3v) is 4.36. The third-order valence-electron chi connectivity index (χ3n) is 2.59. The van der Waals surface area contributed by atoms with E-state index < -0.39 is 0 Å². The Labute approximate surface area is 125 Å². The molecule has 1 atom stereocenters. The van der Waals surface area contributed by atoms with Gasteiger partial charge >= 0.3 is 5.97 Å². The van der Waals surface area contributed by atoms with Gasteiger partial charge in [-0.1, -0.05) is 46.3 Å². The van der Waals surface area contributed by atoms with E-state index in [0.29, 0.717) is 0 Å². The van der Waals surface area contributed by atoms with E-state index in [1.165, 1.54) is 18.9 Å². The topological polar surface area (TPSA) is 26.3 Å². The third kappa shape index (κ3) is 3.85. The van der Waals surface area contributed by atoms with Crippen molar-refractivity contribution in [2.45, 2.75) is 10.1 Å². The van der Waals surface area contributed by atoms with Crippen molar-refractivity contribution in [1.82, 2.24) is 0 Å². The van der Waals surface area contributed by atoms with Gasteiger partial charge in [0.1, 0.15) is 5.25 Å². The van der Waals surface area contributed by atoms with Crippen LogP contribution in [0.3, 0.4) is 0 Å². The standard InChI is InChI=1S/C15H13BrO2S/c1-18-15(17)14(11-5-3-2-4-6-11)19-13-9-7-12(16)8-10-13/h2-10,14H,1H3. The fourth-order valence-corrected chi connectivity index (χ4v) is 2.95. The lowest BCUT2D eigenvalue weighted by atomic mass is 10.1. The second kappa shape index (κ2) is 6.78. The first-order chi connectivity index (χ1) is 9.20. The van der Waals surface area contributed by atoms with E-state index >= 15 is 0 Å². The molecule has 4 heteroatoms. The van der Waals surface area contributed by atoms with Gasteiger partial charge in [-0.15, -0.1) is 11.8 Å². The van der Waals surface area contributed by atoms with Gasteiger partial charge in [0.15, 0.2) is 0 Å². The molecule has 0 heterocycles. The summed E-state index contributed by atoms with van der Waals surface area (Å²) in [5.74, 6) is -0.237. The van der Waals surface area contributed by atoms with E-state index in [1.54, 1.807) is 0 Å². The molecule has 19 heavy (non-hydrogen) atoms. The number of ether oxygens (including phenoxy) is 1. The predicted octanol–water partition coefficient (Wildman–Crippen LogP) is 4.46. The van der Waals surface area contributed by atoms with Crippen molar-refractivity contribution in [3.63, 3.8) is 0 Å². The number of halogens is 1. The molecule has 0 fully saturated rings. The molecule has 0 radical (unpaired) electrons. The van der Waals surface area contributed by atoms with Crippen molar-refractivity contribution in [3.8, 4) is 0 Å². The SMILES string of the molecule is COC(=O)C(Sc1ccc(Br)cc1)c1ccccc1. The summed E-state index contributed by atoms with van der Waals surface area (Å²) in [7, 11) is 1.42. The summed E-state index contributed by atoms with van der Waals surface area (Å²) in [6.07, 6.45) is 0. The number of esters is 1. The number of benzene rings is 2. The summed E-state index contributed by atoms with van der Waals surface area (Å²) < 4.78 is 5.91. The minimum Gasteiger partial charge on any atom is -0.468 e. The van der Waals surface area contributed by atoms with Crippen LogP contribution < -0.4 is 0 Å². The second-order valence-corrected chi connectivity index (χ2v) is 5.98. The molecule has 2 nitrogen and oxygen atoms in total. The summed E-state index contributed by atoms with van der Waals surface area (Å²) >= 11 is 4.89. The Hall–Kier alpha value is -1.26. The van der Waals surface area contributed by atoms with Crippen molar-refractivity contribution < 1.29 is 9.53 Å². The van der Waals surface area contributed by atoms with Crippen LogP contribution in [-0.4, -0.2) is 13.1 Å². The lowest BCUT2D eigenvalue weighted by molar-refractivity contribution is -0.140. The minimum atomic E-state index is -0.340. The Bertz CT molecular complexity index is 540. The molecule has 0 N–H and O–H groups in total. The zero-order valence-electron chi connectivity index (χ0n) is 10.4. The van der Waals surface area contributed by atoms with Crippen LogP contribution in [0.1, 0.15) is 10.8 Å². The van der Waals surface area contributed by atoms with Crippen LogP contribution in [0.25, 0.3) is 0 Å². The second-order valence-electron chi connectivity index (χ2n) is 3.89. The number of hydrogen-bond acceptors (Lipinski definition) is 3. The molecule has 0 aliphatic rings. The first-order valence-electron chi connectivity index (χ1n) is 5.75. The van der Waals surface area contributed by atoms with Crippen LogP contribution in [0.5, 0.6) is 0 Å². The number of hydrogen-bond donors (Lipinski definition) is 0. The molecule has 0 saturated heterocycles. The summed E-state index contributed by atoms with van der Waals surface area (Å²) in [5, 5.41) is -0.340. The summed E-state index contributed by atoms with van der Waals surface area (Å²) in [6, 6.07) is 17.5. The normalized spacial score (nSPS) is 11.9. The minimum absolute atomic E-state index is 0.237. The smallest absolute Gasteiger partial charge is 0.323 e. The average Bonchev–Trinajstić information content (AvgIpc) is 2.47. The number of rotatable bonds is 4. The fourth-order valence-electron chi connectivity index (χ4n) is 1.64. The van der Waals surface area contributed by atoms with Gasteiger partial charge in [-0.3, -0.25) is 4.79 Å². The Morgan fingerprint density at radius 2 is 1.74 bits per heavy atom. The molecular weight excluding hydrogens is 324 g/mol. The van der Waals surface area contributed by atoms with Gasteiger partial charge in [0.05, 0.1) is 7.11 Å². The molecule has 0 spiro atoms. The van der Waals surface area contributed by atoms with Gasteiger partial charge in [0.2, 0.25) is 0 Å². The Morgan fingerprint density at radius 1 is 1.11 bits per heavy atom. The molecule has 0 amide bonds. The summed E-state index contributed by atoms with van der Waals surface area (Å²) in [6.45, 7) is 0. The first kappa shape index (κ1) is 14.2. The Morgan fingerprint density at radius 3 is 2.32 bits per heavy atom. The lowest BCUT2D eigenvalue weighted by Crippen LogP contribution is -2.10. The number of thioether (sulfide) groups is 1. The van der Waals surface area contributed by atoms with Gasteiger partial charge in [-0.2, -0.15) is 0 Å². The molecule has 0 saturated carbocycles. The van der Waals surface area contributed by atoms with E-state index in [0.717, 1.165) is 14.9 Å². The highest BCUT2D eigenvalue weighted by atomic mass is 79.9. The molecule has 2 aromatic rings. The van der Waals surface area contributed by atoms with E-state index in [2.05, 4.69) is 15.9 Å². The van der Waals surface area contributed by atoms with Crippen molar-refractivity contribution in [2.75, 3.05) is 7.11 Å². The van der Waals surface area contributed by atoms with E-state index in [4.69, 9.17) is 4.74 Å². The summed E-state index contributed by atoms with van der Waals surface area (Å²) in [5.41, 5.74) is 0.947. The molecule has 0 aliphatic carbocycles. The molecule has 1 unspecified atom stereocenters. The number of carbonyl (C=O) groups is 1. The average molecular weight is 337 g/mol.